The van der Waals surface area contributed by atoms with Gasteiger partial charge in [0.2, 0.25) is 10.0 Å². The standard InChI is InChI=1S/C11H12N2O2S/c1-13-16(14,15)10-4-2-9(3-5-10)11(8-12)6-7-11/h2-5,13H,6-7H2,1H3. The molecule has 1 aromatic carbocycles. The maximum Gasteiger partial charge on any atom is 0.240 e. The first kappa shape index (κ1) is 11.1. The zero-order valence-electron chi connectivity index (χ0n) is 8.90. The van der Waals surface area contributed by atoms with Crippen LogP contribution in [0.25, 0.3) is 0 Å². The van der Waals surface area contributed by atoms with Gasteiger partial charge in [-0.15, -0.1) is 0 Å². The summed E-state index contributed by atoms with van der Waals surface area (Å²) < 4.78 is 25.2. The molecule has 1 aromatic rings. The maximum atomic E-state index is 11.5. The smallest absolute Gasteiger partial charge is 0.214 e. The second-order valence-electron chi connectivity index (χ2n) is 3.93. The third kappa shape index (κ3) is 1.70. The number of hydrogen-bond acceptors (Lipinski definition) is 3. The Labute approximate surface area is 95.0 Å². The molecular formula is C11H12N2O2S. The van der Waals surface area contributed by atoms with Gasteiger partial charge in [0.05, 0.1) is 16.4 Å². The highest BCUT2D eigenvalue weighted by Crippen LogP contribution is 2.47. The molecule has 1 N–H and O–H groups in total. The molecule has 84 valence electrons. The van der Waals surface area contributed by atoms with E-state index in [0.717, 1.165) is 18.4 Å². The summed E-state index contributed by atoms with van der Waals surface area (Å²) in [5.74, 6) is 0. The van der Waals surface area contributed by atoms with Crippen LogP contribution in [0.3, 0.4) is 0 Å². The molecular weight excluding hydrogens is 224 g/mol. The van der Waals surface area contributed by atoms with E-state index in [9.17, 15) is 8.42 Å². The van der Waals surface area contributed by atoms with Crippen molar-refractivity contribution in [2.24, 2.45) is 0 Å². The van der Waals surface area contributed by atoms with E-state index in [4.69, 9.17) is 5.26 Å². The van der Waals surface area contributed by atoms with Crippen LogP contribution in [0.2, 0.25) is 0 Å². The molecule has 0 unspecified atom stereocenters. The zero-order valence-corrected chi connectivity index (χ0v) is 9.71. The molecule has 2 rings (SSSR count). The van der Waals surface area contributed by atoms with E-state index < -0.39 is 10.0 Å². The maximum absolute atomic E-state index is 11.5. The average molecular weight is 236 g/mol. The molecule has 1 saturated carbocycles. The summed E-state index contributed by atoms with van der Waals surface area (Å²) in [6, 6.07) is 8.80. The van der Waals surface area contributed by atoms with E-state index in [2.05, 4.69) is 10.8 Å². The van der Waals surface area contributed by atoms with Crippen molar-refractivity contribution in [1.82, 2.24) is 4.72 Å². The van der Waals surface area contributed by atoms with Crippen LogP contribution in [0.15, 0.2) is 29.2 Å². The fraction of sp³-hybridized carbons (Fsp3) is 0.364. The largest absolute Gasteiger partial charge is 0.240 e. The third-order valence-electron chi connectivity index (χ3n) is 2.95. The predicted octanol–water partition coefficient (Wildman–Crippen LogP) is 1.15. The Morgan fingerprint density at radius 3 is 2.25 bits per heavy atom. The first-order valence-corrected chi connectivity index (χ1v) is 6.48. The van der Waals surface area contributed by atoms with Crippen molar-refractivity contribution in [2.45, 2.75) is 23.2 Å². The molecule has 0 saturated heterocycles. The van der Waals surface area contributed by atoms with E-state index in [1.165, 1.54) is 7.05 Å². The SMILES string of the molecule is CNS(=O)(=O)c1ccc(C2(C#N)CC2)cc1. The van der Waals surface area contributed by atoms with Gasteiger partial charge in [-0.2, -0.15) is 5.26 Å². The summed E-state index contributed by atoms with van der Waals surface area (Å²) in [6.07, 6.45) is 1.73. The molecule has 0 atom stereocenters. The van der Waals surface area contributed by atoms with Gasteiger partial charge in [0.1, 0.15) is 0 Å². The number of sulfonamides is 1. The first-order valence-electron chi connectivity index (χ1n) is 4.99. The summed E-state index contributed by atoms with van der Waals surface area (Å²) in [7, 11) is -2.00. The van der Waals surface area contributed by atoms with Gasteiger partial charge in [0.25, 0.3) is 0 Å². The van der Waals surface area contributed by atoms with E-state index >= 15 is 0 Å². The summed E-state index contributed by atoms with van der Waals surface area (Å²) >= 11 is 0. The molecule has 1 aliphatic carbocycles. The van der Waals surface area contributed by atoms with E-state index in [1.54, 1.807) is 24.3 Å². The molecule has 1 aliphatic rings. The second-order valence-corrected chi connectivity index (χ2v) is 5.81. The molecule has 0 aromatic heterocycles. The lowest BCUT2D eigenvalue weighted by atomic mass is 9.98. The van der Waals surface area contributed by atoms with Crippen molar-refractivity contribution in [1.29, 1.82) is 5.26 Å². The van der Waals surface area contributed by atoms with Crippen LogP contribution >= 0.6 is 0 Å². The van der Waals surface area contributed by atoms with Crippen LogP contribution in [-0.4, -0.2) is 15.5 Å². The van der Waals surface area contributed by atoms with Crippen LogP contribution in [-0.2, 0) is 15.4 Å². The number of rotatable bonds is 3. The Kier molecular flexibility index (Phi) is 2.49. The Hall–Kier alpha value is -1.38. The summed E-state index contributed by atoms with van der Waals surface area (Å²) in [5, 5.41) is 9.00. The highest BCUT2D eigenvalue weighted by molar-refractivity contribution is 7.89. The van der Waals surface area contributed by atoms with Crippen LogP contribution in [0, 0.1) is 11.3 Å². The molecule has 0 radical (unpaired) electrons. The van der Waals surface area contributed by atoms with Gasteiger partial charge in [-0.25, -0.2) is 13.1 Å². The molecule has 16 heavy (non-hydrogen) atoms. The van der Waals surface area contributed by atoms with E-state index in [0.29, 0.717) is 0 Å². The van der Waals surface area contributed by atoms with Crippen LogP contribution in [0.1, 0.15) is 18.4 Å². The fourth-order valence-electron chi connectivity index (χ4n) is 1.66. The monoisotopic (exact) mass is 236 g/mol. The fourth-order valence-corrected chi connectivity index (χ4v) is 2.39. The predicted molar refractivity (Wildman–Crippen MR) is 59.2 cm³/mol. The summed E-state index contributed by atoms with van der Waals surface area (Å²) in [5.41, 5.74) is 0.548. The first-order chi connectivity index (χ1) is 7.54. The Morgan fingerprint density at radius 2 is 1.88 bits per heavy atom. The van der Waals surface area contributed by atoms with Crippen molar-refractivity contribution in [3.05, 3.63) is 29.8 Å². The van der Waals surface area contributed by atoms with Gasteiger partial charge < -0.3 is 0 Å². The third-order valence-corrected chi connectivity index (χ3v) is 4.38. The van der Waals surface area contributed by atoms with E-state index in [1.807, 2.05) is 0 Å². The van der Waals surface area contributed by atoms with Gasteiger partial charge >= 0.3 is 0 Å². The molecule has 0 bridgehead atoms. The zero-order chi connectivity index (χ0) is 11.8. The molecule has 1 fully saturated rings. The molecule has 0 amide bonds. The van der Waals surface area contributed by atoms with Gasteiger partial charge in [0, 0.05) is 0 Å². The molecule has 0 aliphatic heterocycles. The van der Waals surface area contributed by atoms with Crippen LogP contribution in [0.4, 0.5) is 0 Å². The normalized spacial score (nSPS) is 17.8. The van der Waals surface area contributed by atoms with Crippen molar-refractivity contribution < 1.29 is 8.42 Å². The summed E-state index contributed by atoms with van der Waals surface area (Å²) in [4.78, 5) is 0.229. The highest BCUT2D eigenvalue weighted by atomic mass is 32.2. The molecule has 0 spiro atoms. The minimum absolute atomic E-state index is 0.229. The van der Waals surface area contributed by atoms with Gasteiger partial charge in [-0.3, -0.25) is 0 Å². The number of nitriles is 1. The quantitative estimate of drug-likeness (QED) is 0.855. The van der Waals surface area contributed by atoms with Crippen LogP contribution < -0.4 is 4.72 Å². The van der Waals surface area contributed by atoms with Gasteiger partial charge in [0.15, 0.2) is 0 Å². The number of benzene rings is 1. The Bertz CT molecular complexity index is 536. The molecule has 4 nitrogen and oxygen atoms in total. The lowest BCUT2D eigenvalue weighted by molar-refractivity contribution is 0.588. The second kappa shape index (κ2) is 3.58. The van der Waals surface area contributed by atoms with Crippen molar-refractivity contribution in [3.63, 3.8) is 0 Å². The molecule has 0 heterocycles. The Balaban J connectivity index is 2.35. The summed E-state index contributed by atoms with van der Waals surface area (Å²) in [6.45, 7) is 0. The number of hydrogen-bond donors (Lipinski definition) is 1. The van der Waals surface area contributed by atoms with Crippen molar-refractivity contribution >= 4 is 10.0 Å². The highest BCUT2D eigenvalue weighted by Gasteiger charge is 2.44. The minimum Gasteiger partial charge on any atom is -0.214 e. The van der Waals surface area contributed by atoms with Crippen LogP contribution in [0.5, 0.6) is 0 Å². The van der Waals surface area contributed by atoms with E-state index in [-0.39, 0.29) is 10.3 Å². The minimum atomic E-state index is -3.38. The average Bonchev–Trinajstić information content (AvgIpc) is 3.10. The van der Waals surface area contributed by atoms with Gasteiger partial charge in [-0.05, 0) is 37.6 Å². The lowest BCUT2D eigenvalue weighted by Gasteiger charge is -2.07. The van der Waals surface area contributed by atoms with Gasteiger partial charge in [-0.1, -0.05) is 12.1 Å². The number of nitrogens with one attached hydrogen (secondary N) is 1. The lowest BCUT2D eigenvalue weighted by Crippen LogP contribution is -2.18. The van der Waals surface area contributed by atoms with Crippen molar-refractivity contribution in [2.75, 3.05) is 7.05 Å². The van der Waals surface area contributed by atoms with Crippen molar-refractivity contribution in [3.8, 4) is 6.07 Å². The number of nitrogens with zero attached hydrogens (tertiary/aromatic N) is 1. The topological polar surface area (TPSA) is 70.0 Å². The Morgan fingerprint density at radius 1 is 1.31 bits per heavy atom. The molecule has 5 heteroatoms.